The molecule has 0 radical (unpaired) electrons. The first kappa shape index (κ1) is 11.7. The Kier molecular flexibility index (Phi) is 2.50. The molecular weight excluding hydrogens is 262 g/mol. The molecule has 0 unspecified atom stereocenters. The second-order valence-electron chi connectivity index (χ2n) is 4.90. The summed E-state index contributed by atoms with van der Waals surface area (Å²) in [6.07, 6.45) is 1.79. The molecule has 21 heavy (non-hydrogen) atoms. The Hall–Kier alpha value is -3.08. The van der Waals surface area contributed by atoms with E-state index in [0.29, 0.717) is 5.95 Å². The highest BCUT2D eigenvalue weighted by Gasteiger charge is 2.04. The molecule has 4 rings (SSSR count). The van der Waals surface area contributed by atoms with Crippen molar-refractivity contribution in [1.82, 2.24) is 15.0 Å². The van der Waals surface area contributed by atoms with Gasteiger partial charge in [0.2, 0.25) is 5.95 Å². The number of nitrogens with one attached hydrogen (secondary N) is 2. The van der Waals surface area contributed by atoms with Gasteiger partial charge in [0.15, 0.2) is 0 Å². The largest absolute Gasteiger partial charge is 0.399 e. The molecule has 5 nitrogen and oxygen atoms in total. The number of hydrogen-bond donors (Lipinski definition) is 3. The molecule has 0 atom stereocenters. The molecule has 2 aromatic heterocycles. The number of nitrogens with two attached hydrogens (primary N) is 1. The van der Waals surface area contributed by atoms with Crippen molar-refractivity contribution < 1.29 is 0 Å². The van der Waals surface area contributed by atoms with Gasteiger partial charge in [-0.3, -0.25) is 4.98 Å². The van der Waals surface area contributed by atoms with E-state index in [-0.39, 0.29) is 0 Å². The number of nitrogen functional groups attached to an aromatic ring is 1. The lowest BCUT2D eigenvalue weighted by atomic mass is 10.2. The van der Waals surface area contributed by atoms with E-state index in [1.165, 1.54) is 0 Å². The summed E-state index contributed by atoms with van der Waals surface area (Å²) >= 11 is 0. The third-order valence-corrected chi connectivity index (χ3v) is 3.37. The van der Waals surface area contributed by atoms with Gasteiger partial charge >= 0.3 is 0 Å². The number of imidazole rings is 1. The second kappa shape index (κ2) is 4.49. The number of rotatable bonds is 2. The zero-order chi connectivity index (χ0) is 14.2. The molecule has 2 heterocycles. The van der Waals surface area contributed by atoms with Crippen molar-refractivity contribution in [3.8, 4) is 0 Å². The van der Waals surface area contributed by atoms with Crippen molar-refractivity contribution >= 4 is 39.3 Å². The Morgan fingerprint density at radius 1 is 1.00 bits per heavy atom. The highest BCUT2D eigenvalue weighted by molar-refractivity contribution is 5.84. The maximum atomic E-state index is 5.77. The number of pyridine rings is 1. The van der Waals surface area contributed by atoms with Crippen LogP contribution in [0.15, 0.2) is 54.7 Å². The fraction of sp³-hybridized carbons (Fsp3) is 0. The average Bonchev–Trinajstić information content (AvgIpc) is 2.88. The van der Waals surface area contributed by atoms with Gasteiger partial charge in [0.25, 0.3) is 0 Å². The molecule has 0 fully saturated rings. The van der Waals surface area contributed by atoms with E-state index in [1.54, 1.807) is 6.20 Å². The van der Waals surface area contributed by atoms with Crippen molar-refractivity contribution in [2.75, 3.05) is 11.1 Å². The Bertz CT molecular complexity index is 942. The predicted octanol–water partition coefficient (Wildman–Crippen LogP) is 3.44. The van der Waals surface area contributed by atoms with Gasteiger partial charge in [-0.25, -0.2) is 4.98 Å². The Labute approximate surface area is 120 Å². The van der Waals surface area contributed by atoms with E-state index in [9.17, 15) is 0 Å². The van der Waals surface area contributed by atoms with Gasteiger partial charge in [0.05, 0.1) is 16.6 Å². The molecule has 0 amide bonds. The molecule has 0 aliphatic heterocycles. The minimum absolute atomic E-state index is 0.693. The van der Waals surface area contributed by atoms with E-state index >= 15 is 0 Å². The van der Waals surface area contributed by atoms with E-state index in [2.05, 4.69) is 20.3 Å². The van der Waals surface area contributed by atoms with Crippen molar-refractivity contribution in [3.05, 3.63) is 54.7 Å². The van der Waals surface area contributed by atoms with Crippen LogP contribution in [-0.4, -0.2) is 15.0 Å². The first-order valence-corrected chi connectivity index (χ1v) is 6.65. The Balaban J connectivity index is 1.71. The lowest BCUT2D eigenvalue weighted by molar-refractivity contribution is 1.31. The lowest BCUT2D eigenvalue weighted by Gasteiger charge is -2.04. The van der Waals surface area contributed by atoms with Gasteiger partial charge < -0.3 is 16.0 Å². The first-order chi connectivity index (χ1) is 10.3. The van der Waals surface area contributed by atoms with Gasteiger partial charge in [-0.15, -0.1) is 0 Å². The third kappa shape index (κ3) is 2.14. The van der Waals surface area contributed by atoms with Crippen LogP contribution in [0.5, 0.6) is 0 Å². The van der Waals surface area contributed by atoms with Crippen molar-refractivity contribution in [3.63, 3.8) is 0 Å². The van der Waals surface area contributed by atoms with Crippen molar-refractivity contribution in [2.24, 2.45) is 0 Å². The molecule has 4 aromatic rings. The third-order valence-electron chi connectivity index (χ3n) is 3.37. The molecular formula is C16H13N5. The van der Waals surface area contributed by atoms with E-state index < -0.39 is 0 Å². The number of aromatic amines is 1. The molecule has 0 saturated carbocycles. The SMILES string of the molecule is Nc1ccc2nc(Nc3ccc4ncccc4c3)[nH]c2c1. The van der Waals surface area contributed by atoms with Crippen LogP contribution in [0, 0.1) is 0 Å². The summed E-state index contributed by atoms with van der Waals surface area (Å²) in [5.41, 5.74) is 10.2. The normalized spacial score (nSPS) is 11.0. The number of anilines is 3. The summed E-state index contributed by atoms with van der Waals surface area (Å²) in [6.45, 7) is 0. The Morgan fingerprint density at radius 2 is 1.90 bits per heavy atom. The van der Waals surface area contributed by atoms with Crippen LogP contribution in [0.2, 0.25) is 0 Å². The van der Waals surface area contributed by atoms with Crippen LogP contribution in [0.4, 0.5) is 17.3 Å². The Morgan fingerprint density at radius 3 is 2.86 bits per heavy atom. The number of nitrogens with zero attached hydrogens (tertiary/aromatic N) is 2. The highest BCUT2D eigenvalue weighted by atomic mass is 15.1. The molecule has 2 aromatic carbocycles. The molecule has 0 bridgehead atoms. The average molecular weight is 275 g/mol. The van der Waals surface area contributed by atoms with Gasteiger partial charge in [-0.1, -0.05) is 6.07 Å². The number of aromatic nitrogens is 3. The van der Waals surface area contributed by atoms with E-state index in [4.69, 9.17) is 5.73 Å². The fourth-order valence-corrected chi connectivity index (χ4v) is 2.38. The lowest BCUT2D eigenvalue weighted by Crippen LogP contribution is -1.92. The van der Waals surface area contributed by atoms with Crippen molar-refractivity contribution in [1.29, 1.82) is 0 Å². The first-order valence-electron chi connectivity index (χ1n) is 6.65. The van der Waals surface area contributed by atoms with Crippen LogP contribution in [0.3, 0.4) is 0 Å². The summed E-state index contributed by atoms with van der Waals surface area (Å²) in [5.74, 6) is 0.693. The topological polar surface area (TPSA) is 79.6 Å². The minimum atomic E-state index is 0.693. The second-order valence-corrected chi connectivity index (χ2v) is 4.90. The standard InChI is InChI=1S/C16H13N5/c17-11-3-5-14-15(9-11)21-16(20-14)19-12-4-6-13-10(8-12)2-1-7-18-13/h1-9H,17H2,(H2,19,20,21). The van der Waals surface area contributed by atoms with Gasteiger partial charge in [-0.2, -0.15) is 0 Å². The van der Waals surface area contributed by atoms with Gasteiger partial charge in [0, 0.05) is 23.0 Å². The summed E-state index contributed by atoms with van der Waals surface area (Å²) < 4.78 is 0. The molecule has 0 saturated heterocycles. The maximum absolute atomic E-state index is 5.77. The fourth-order valence-electron chi connectivity index (χ4n) is 2.38. The van der Waals surface area contributed by atoms with Crippen LogP contribution in [0.1, 0.15) is 0 Å². The minimum Gasteiger partial charge on any atom is -0.399 e. The predicted molar refractivity (Wildman–Crippen MR) is 85.5 cm³/mol. The maximum Gasteiger partial charge on any atom is 0.205 e. The van der Waals surface area contributed by atoms with Crippen LogP contribution in [-0.2, 0) is 0 Å². The summed E-state index contributed by atoms with van der Waals surface area (Å²) in [7, 11) is 0. The van der Waals surface area contributed by atoms with Crippen LogP contribution >= 0.6 is 0 Å². The molecule has 102 valence electrons. The van der Waals surface area contributed by atoms with Crippen LogP contribution < -0.4 is 11.1 Å². The summed E-state index contributed by atoms with van der Waals surface area (Å²) in [4.78, 5) is 12.0. The molecule has 0 aliphatic rings. The zero-order valence-electron chi connectivity index (χ0n) is 11.2. The quantitative estimate of drug-likeness (QED) is 0.490. The van der Waals surface area contributed by atoms with E-state index in [1.807, 2.05) is 48.5 Å². The number of hydrogen-bond acceptors (Lipinski definition) is 4. The molecule has 0 aliphatic carbocycles. The highest BCUT2D eigenvalue weighted by Crippen LogP contribution is 2.22. The summed E-state index contributed by atoms with van der Waals surface area (Å²) in [5, 5.41) is 4.36. The van der Waals surface area contributed by atoms with Gasteiger partial charge in [-0.05, 0) is 42.5 Å². The number of H-pyrrole nitrogens is 1. The van der Waals surface area contributed by atoms with Gasteiger partial charge in [0.1, 0.15) is 0 Å². The van der Waals surface area contributed by atoms with Crippen molar-refractivity contribution in [2.45, 2.75) is 0 Å². The van der Waals surface area contributed by atoms with E-state index in [0.717, 1.165) is 33.3 Å². The summed E-state index contributed by atoms with van der Waals surface area (Å²) in [6, 6.07) is 15.6. The zero-order valence-corrected chi connectivity index (χ0v) is 11.2. The number of benzene rings is 2. The molecule has 5 heteroatoms. The smallest absolute Gasteiger partial charge is 0.205 e. The monoisotopic (exact) mass is 275 g/mol. The molecule has 0 spiro atoms. The van der Waals surface area contributed by atoms with Crippen LogP contribution in [0.25, 0.3) is 21.9 Å². The number of fused-ring (bicyclic) bond motifs is 2. The molecule has 4 N–H and O–H groups in total.